The van der Waals surface area contributed by atoms with Gasteiger partial charge in [0.25, 0.3) is 0 Å². The molecule has 21 heavy (non-hydrogen) atoms. The van der Waals surface area contributed by atoms with Crippen molar-refractivity contribution in [3.8, 4) is 0 Å². The predicted molar refractivity (Wildman–Crippen MR) is 79.3 cm³/mol. The van der Waals surface area contributed by atoms with Gasteiger partial charge >= 0.3 is 6.18 Å². The van der Waals surface area contributed by atoms with Crippen molar-refractivity contribution in [1.82, 2.24) is 0 Å². The van der Waals surface area contributed by atoms with Gasteiger partial charge < -0.3 is 10.6 Å². The summed E-state index contributed by atoms with van der Waals surface area (Å²) in [6, 6.07) is 6.25. The molecule has 2 rings (SSSR count). The molecule has 0 saturated heterocycles. The van der Waals surface area contributed by atoms with Crippen LogP contribution in [-0.4, -0.2) is 18.6 Å². The van der Waals surface area contributed by atoms with Crippen LogP contribution in [0.15, 0.2) is 24.3 Å². The second-order valence-electron chi connectivity index (χ2n) is 5.78. The third kappa shape index (κ3) is 3.90. The molecule has 2 N–H and O–H groups in total. The Morgan fingerprint density at radius 1 is 1.14 bits per heavy atom. The van der Waals surface area contributed by atoms with Crippen molar-refractivity contribution in [2.45, 2.75) is 57.3 Å². The Morgan fingerprint density at radius 3 is 2.33 bits per heavy atom. The molecule has 0 bridgehead atoms. The van der Waals surface area contributed by atoms with E-state index in [9.17, 15) is 13.2 Å². The van der Waals surface area contributed by atoms with E-state index in [-0.39, 0.29) is 12.1 Å². The summed E-state index contributed by atoms with van der Waals surface area (Å²) in [5, 5.41) is 0. The predicted octanol–water partition coefficient (Wildman–Crippen LogP) is 4.19. The van der Waals surface area contributed by atoms with Crippen molar-refractivity contribution in [2.24, 2.45) is 5.73 Å². The van der Waals surface area contributed by atoms with Crippen LogP contribution in [0.1, 0.15) is 44.6 Å². The van der Waals surface area contributed by atoms with E-state index in [1.165, 1.54) is 12.1 Å². The van der Waals surface area contributed by atoms with E-state index in [1.807, 2.05) is 11.8 Å². The molecule has 0 aromatic heterocycles. The molecular formula is C16H23F3N2. The zero-order chi connectivity index (χ0) is 15.5. The van der Waals surface area contributed by atoms with Gasteiger partial charge in [-0.25, -0.2) is 0 Å². The summed E-state index contributed by atoms with van der Waals surface area (Å²) in [6.45, 7) is 2.64. The lowest BCUT2D eigenvalue weighted by Crippen LogP contribution is -2.42. The fraction of sp³-hybridized carbons (Fsp3) is 0.625. The van der Waals surface area contributed by atoms with Crippen LogP contribution in [0.3, 0.4) is 0 Å². The highest BCUT2D eigenvalue weighted by Crippen LogP contribution is 2.38. The summed E-state index contributed by atoms with van der Waals surface area (Å²) < 4.78 is 39.7. The molecule has 1 aliphatic rings. The Hall–Kier alpha value is -1.23. The van der Waals surface area contributed by atoms with E-state index in [0.29, 0.717) is 12.2 Å². The van der Waals surface area contributed by atoms with Crippen LogP contribution >= 0.6 is 0 Å². The van der Waals surface area contributed by atoms with Gasteiger partial charge in [0, 0.05) is 24.3 Å². The molecule has 1 aromatic carbocycles. The Balaban J connectivity index is 2.30. The number of nitrogens with zero attached hydrogens (tertiary/aromatic N) is 1. The smallest absolute Gasteiger partial charge is 0.368 e. The van der Waals surface area contributed by atoms with Gasteiger partial charge in [0.1, 0.15) is 0 Å². The molecule has 1 aliphatic carbocycles. The van der Waals surface area contributed by atoms with E-state index in [0.717, 1.165) is 32.1 Å². The third-order valence-corrected chi connectivity index (χ3v) is 4.17. The molecule has 118 valence electrons. The van der Waals surface area contributed by atoms with Gasteiger partial charge in [-0.05, 0) is 44.2 Å². The monoisotopic (exact) mass is 300 g/mol. The molecule has 2 nitrogen and oxygen atoms in total. The molecule has 5 heteroatoms. The Bertz CT molecular complexity index is 451. The third-order valence-electron chi connectivity index (χ3n) is 4.17. The molecule has 1 saturated carbocycles. The zero-order valence-corrected chi connectivity index (χ0v) is 12.4. The lowest BCUT2D eigenvalue weighted by atomic mass is 9.90. The lowest BCUT2D eigenvalue weighted by Gasteiger charge is -2.38. The second-order valence-corrected chi connectivity index (χ2v) is 5.78. The standard InChI is InChI=1S/C16H23F3N2/c1-2-11-21(13-9-7-12(20)8-10-13)15-6-4-3-5-14(15)16(17,18)19/h3-6,12-13H,2,7-11,20H2,1H3. The average Bonchev–Trinajstić information content (AvgIpc) is 2.45. The van der Waals surface area contributed by atoms with Crippen LogP contribution in [0.25, 0.3) is 0 Å². The first-order valence-electron chi connectivity index (χ1n) is 7.62. The van der Waals surface area contributed by atoms with Crippen LogP contribution in [0.5, 0.6) is 0 Å². The van der Waals surface area contributed by atoms with Crippen molar-refractivity contribution in [3.05, 3.63) is 29.8 Å². The summed E-state index contributed by atoms with van der Waals surface area (Å²) in [6.07, 6.45) is 0.0290. The minimum Gasteiger partial charge on any atom is -0.368 e. The molecular weight excluding hydrogens is 277 g/mol. The minimum absolute atomic E-state index is 0.160. The Labute approximate surface area is 124 Å². The van der Waals surface area contributed by atoms with E-state index in [4.69, 9.17) is 5.73 Å². The van der Waals surface area contributed by atoms with Crippen molar-refractivity contribution in [3.63, 3.8) is 0 Å². The number of para-hydroxylation sites is 1. The molecule has 0 atom stereocenters. The maximum absolute atomic E-state index is 13.2. The van der Waals surface area contributed by atoms with Gasteiger partial charge in [-0.1, -0.05) is 19.1 Å². The van der Waals surface area contributed by atoms with E-state index >= 15 is 0 Å². The van der Waals surface area contributed by atoms with Crippen molar-refractivity contribution >= 4 is 5.69 Å². The highest BCUT2D eigenvalue weighted by Gasteiger charge is 2.36. The quantitative estimate of drug-likeness (QED) is 0.903. The maximum atomic E-state index is 13.2. The SMILES string of the molecule is CCCN(c1ccccc1C(F)(F)F)C1CCC(N)CC1. The number of anilines is 1. The first-order valence-corrected chi connectivity index (χ1v) is 7.62. The molecule has 0 aliphatic heterocycles. The van der Waals surface area contributed by atoms with E-state index in [2.05, 4.69) is 0 Å². The highest BCUT2D eigenvalue weighted by atomic mass is 19.4. The summed E-state index contributed by atoms with van der Waals surface area (Å²) in [5.41, 5.74) is 5.69. The molecule has 1 fully saturated rings. The summed E-state index contributed by atoms with van der Waals surface area (Å²) >= 11 is 0. The molecule has 0 spiro atoms. The van der Waals surface area contributed by atoms with Gasteiger partial charge in [-0.2, -0.15) is 13.2 Å². The number of hydrogen-bond donors (Lipinski definition) is 1. The molecule has 0 unspecified atom stereocenters. The van der Waals surface area contributed by atoms with Crippen LogP contribution in [-0.2, 0) is 6.18 Å². The first-order chi connectivity index (χ1) is 9.93. The lowest BCUT2D eigenvalue weighted by molar-refractivity contribution is -0.137. The van der Waals surface area contributed by atoms with Crippen molar-refractivity contribution in [1.29, 1.82) is 0 Å². The summed E-state index contributed by atoms with van der Waals surface area (Å²) in [5.74, 6) is 0. The Morgan fingerprint density at radius 2 is 1.76 bits per heavy atom. The minimum atomic E-state index is -4.31. The zero-order valence-electron chi connectivity index (χ0n) is 12.4. The number of benzene rings is 1. The first kappa shape index (κ1) is 16.1. The van der Waals surface area contributed by atoms with E-state index in [1.54, 1.807) is 12.1 Å². The molecule has 0 heterocycles. The number of alkyl halides is 3. The van der Waals surface area contributed by atoms with Gasteiger partial charge in [0.2, 0.25) is 0 Å². The van der Waals surface area contributed by atoms with Gasteiger partial charge in [0.15, 0.2) is 0 Å². The Kier molecular flexibility index (Phi) is 5.14. The maximum Gasteiger partial charge on any atom is 0.418 e. The number of halogens is 3. The van der Waals surface area contributed by atoms with Crippen LogP contribution in [0.4, 0.5) is 18.9 Å². The molecule has 1 aromatic rings. The van der Waals surface area contributed by atoms with Crippen molar-refractivity contribution in [2.75, 3.05) is 11.4 Å². The number of hydrogen-bond acceptors (Lipinski definition) is 2. The highest BCUT2D eigenvalue weighted by molar-refractivity contribution is 5.55. The number of rotatable bonds is 4. The van der Waals surface area contributed by atoms with Crippen LogP contribution in [0, 0.1) is 0 Å². The van der Waals surface area contributed by atoms with Gasteiger partial charge in [-0.3, -0.25) is 0 Å². The van der Waals surface area contributed by atoms with Crippen LogP contribution < -0.4 is 10.6 Å². The summed E-state index contributed by atoms with van der Waals surface area (Å²) in [4.78, 5) is 1.94. The second kappa shape index (κ2) is 6.69. The largest absolute Gasteiger partial charge is 0.418 e. The van der Waals surface area contributed by atoms with E-state index < -0.39 is 11.7 Å². The molecule has 0 amide bonds. The number of nitrogens with two attached hydrogens (primary N) is 1. The van der Waals surface area contributed by atoms with Gasteiger partial charge in [0.05, 0.1) is 5.56 Å². The average molecular weight is 300 g/mol. The van der Waals surface area contributed by atoms with Crippen LogP contribution in [0.2, 0.25) is 0 Å². The van der Waals surface area contributed by atoms with Crippen molar-refractivity contribution < 1.29 is 13.2 Å². The normalized spacial score (nSPS) is 23.1. The summed E-state index contributed by atoms with van der Waals surface area (Å²) in [7, 11) is 0. The van der Waals surface area contributed by atoms with Gasteiger partial charge in [-0.15, -0.1) is 0 Å². The topological polar surface area (TPSA) is 29.3 Å². The molecule has 0 radical (unpaired) electrons. The fourth-order valence-electron chi connectivity index (χ4n) is 3.12. The fourth-order valence-corrected chi connectivity index (χ4v) is 3.12.